The maximum Gasteiger partial charge on any atom is 0.332 e. The molecule has 1 aromatic carbocycles. The van der Waals surface area contributed by atoms with Gasteiger partial charge in [0.25, 0.3) is 5.56 Å². The van der Waals surface area contributed by atoms with Crippen molar-refractivity contribution in [3.05, 3.63) is 69.3 Å². The first-order valence-corrected chi connectivity index (χ1v) is 10.3. The molecule has 0 radical (unpaired) electrons. The van der Waals surface area contributed by atoms with Crippen LogP contribution in [0.3, 0.4) is 0 Å². The Hall–Kier alpha value is -3.99. The maximum atomic E-state index is 12.9. The van der Waals surface area contributed by atoms with Crippen molar-refractivity contribution in [2.75, 3.05) is 19.0 Å². The van der Waals surface area contributed by atoms with E-state index in [-0.39, 0.29) is 24.3 Å². The van der Waals surface area contributed by atoms with Gasteiger partial charge in [-0.05, 0) is 36.4 Å². The van der Waals surface area contributed by atoms with Gasteiger partial charge in [0.15, 0.2) is 11.2 Å². The lowest BCUT2D eigenvalue weighted by atomic mass is 10.3. The van der Waals surface area contributed by atoms with E-state index in [1.54, 1.807) is 61.4 Å². The fraction of sp³-hybridized carbons (Fsp3) is 0.318. The molecule has 174 valence electrons. The van der Waals surface area contributed by atoms with E-state index in [0.717, 1.165) is 4.57 Å². The summed E-state index contributed by atoms with van der Waals surface area (Å²) in [6, 6.07) is 10.5. The number of benzene rings is 1. The van der Waals surface area contributed by atoms with E-state index in [2.05, 4.69) is 10.3 Å². The van der Waals surface area contributed by atoms with E-state index < -0.39 is 17.4 Å². The first-order chi connectivity index (χ1) is 15.9. The van der Waals surface area contributed by atoms with E-state index in [9.17, 15) is 14.7 Å². The summed E-state index contributed by atoms with van der Waals surface area (Å²) in [4.78, 5) is 29.7. The monoisotopic (exact) mass is 455 g/mol. The van der Waals surface area contributed by atoms with Crippen molar-refractivity contribution in [3.8, 4) is 11.5 Å². The predicted molar refractivity (Wildman–Crippen MR) is 121 cm³/mol. The number of anilines is 1. The van der Waals surface area contributed by atoms with Gasteiger partial charge in [-0.15, -0.1) is 0 Å². The number of nitrogens with zero attached hydrogens (tertiary/aromatic N) is 4. The second-order valence-electron chi connectivity index (χ2n) is 7.50. The summed E-state index contributed by atoms with van der Waals surface area (Å²) in [6.45, 7) is 0.305. The van der Waals surface area contributed by atoms with Gasteiger partial charge in [0, 0.05) is 14.1 Å². The molecule has 0 spiro atoms. The summed E-state index contributed by atoms with van der Waals surface area (Å²) in [5.41, 5.74) is -0.577. The number of nitrogens with one attached hydrogen (secondary N) is 1. The van der Waals surface area contributed by atoms with Gasteiger partial charge < -0.3 is 28.9 Å². The molecular formula is C22H25N5O6. The fourth-order valence-electron chi connectivity index (χ4n) is 3.47. The number of fused-ring (bicyclic) bond motifs is 1. The van der Waals surface area contributed by atoms with Crippen LogP contribution in [0.5, 0.6) is 11.5 Å². The first-order valence-electron chi connectivity index (χ1n) is 10.3. The standard InChI is InChI=1S/C22H25N5O6/c1-25-19-18(20(29)26(2)22(25)30)27(21(24-19)23-11-17-5-4-10-32-17)12-14(28)13-33-16-8-6-15(31-3)7-9-16/h4-10,14,28H,11-13H2,1-3H3,(H,23,24)/t14-/m0/s1. The van der Waals surface area contributed by atoms with Crippen molar-refractivity contribution in [2.45, 2.75) is 19.2 Å². The van der Waals surface area contributed by atoms with E-state index in [1.807, 2.05) is 0 Å². The number of ether oxygens (including phenoxy) is 2. The van der Waals surface area contributed by atoms with Crippen LogP contribution in [0.25, 0.3) is 11.2 Å². The molecule has 3 aromatic heterocycles. The van der Waals surface area contributed by atoms with Crippen LogP contribution in [-0.2, 0) is 27.2 Å². The Morgan fingerprint density at radius 1 is 1.12 bits per heavy atom. The van der Waals surface area contributed by atoms with Crippen molar-refractivity contribution in [1.82, 2.24) is 18.7 Å². The van der Waals surface area contributed by atoms with Crippen molar-refractivity contribution in [3.63, 3.8) is 0 Å². The Bertz CT molecular complexity index is 1350. The zero-order valence-electron chi connectivity index (χ0n) is 18.5. The SMILES string of the molecule is COc1ccc(OC[C@@H](O)Cn2c(NCc3ccco3)nc3c2c(=O)n(C)c(=O)n3C)cc1. The lowest BCUT2D eigenvalue weighted by Gasteiger charge is -2.16. The number of hydrogen-bond donors (Lipinski definition) is 2. The molecule has 0 amide bonds. The van der Waals surface area contributed by atoms with E-state index >= 15 is 0 Å². The lowest BCUT2D eigenvalue weighted by molar-refractivity contribution is 0.0938. The third kappa shape index (κ3) is 4.48. The minimum atomic E-state index is -0.962. The summed E-state index contributed by atoms with van der Waals surface area (Å²) < 4.78 is 20.0. The van der Waals surface area contributed by atoms with Gasteiger partial charge in [-0.3, -0.25) is 13.9 Å². The second kappa shape index (κ2) is 9.25. The van der Waals surface area contributed by atoms with Crippen LogP contribution in [0.4, 0.5) is 5.95 Å². The van der Waals surface area contributed by atoms with Gasteiger partial charge in [-0.1, -0.05) is 0 Å². The Morgan fingerprint density at radius 3 is 2.52 bits per heavy atom. The van der Waals surface area contributed by atoms with Crippen LogP contribution in [0.15, 0.2) is 56.7 Å². The van der Waals surface area contributed by atoms with E-state index in [1.165, 1.54) is 11.6 Å². The lowest BCUT2D eigenvalue weighted by Crippen LogP contribution is -2.38. The Labute approximate surface area is 188 Å². The maximum absolute atomic E-state index is 12.9. The summed E-state index contributed by atoms with van der Waals surface area (Å²) in [5.74, 6) is 2.25. The van der Waals surface area contributed by atoms with E-state index in [4.69, 9.17) is 13.9 Å². The van der Waals surface area contributed by atoms with Gasteiger partial charge in [0.1, 0.15) is 30.0 Å². The zero-order chi connectivity index (χ0) is 23.5. The number of furan rings is 1. The average molecular weight is 455 g/mol. The molecule has 33 heavy (non-hydrogen) atoms. The van der Waals surface area contributed by atoms with Gasteiger partial charge in [-0.25, -0.2) is 4.79 Å². The summed E-state index contributed by atoms with van der Waals surface area (Å²) >= 11 is 0. The molecule has 0 fully saturated rings. The summed E-state index contributed by atoms with van der Waals surface area (Å²) in [6.07, 6.45) is 0.593. The molecule has 0 aliphatic carbocycles. The Kier molecular flexibility index (Phi) is 6.22. The van der Waals surface area contributed by atoms with Crippen molar-refractivity contribution in [2.24, 2.45) is 14.1 Å². The molecular weight excluding hydrogens is 430 g/mol. The molecule has 4 rings (SSSR count). The van der Waals surface area contributed by atoms with E-state index in [0.29, 0.717) is 29.8 Å². The van der Waals surface area contributed by atoms with Crippen molar-refractivity contribution >= 4 is 17.1 Å². The molecule has 0 bridgehead atoms. The number of methoxy groups -OCH3 is 1. The summed E-state index contributed by atoms with van der Waals surface area (Å²) in [7, 11) is 4.52. The highest BCUT2D eigenvalue weighted by atomic mass is 16.5. The van der Waals surface area contributed by atoms with Crippen LogP contribution >= 0.6 is 0 Å². The smallest absolute Gasteiger partial charge is 0.332 e. The Morgan fingerprint density at radius 2 is 1.85 bits per heavy atom. The molecule has 0 saturated heterocycles. The molecule has 2 N–H and O–H groups in total. The molecule has 0 aliphatic rings. The normalized spacial score (nSPS) is 12.1. The predicted octanol–water partition coefficient (Wildman–Crippen LogP) is 1.09. The number of hydrogen-bond acceptors (Lipinski definition) is 8. The molecule has 1 atom stereocenters. The molecule has 11 heteroatoms. The van der Waals surface area contributed by atoms with Crippen molar-refractivity contribution in [1.29, 1.82) is 0 Å². The largest absolute Gasteiger partial charge is 0.497 e. The van der Waals surface area contributed by atoms with Gasteiger partial charge >= 0.3 is 5.69 Å². The quantitative estimate of drug-likeness (QED) is 0.384. The third-order valence-electron chi connectivity index (χ3n) is 5.24. The Balaban J connectivity index is 1.62. The topological polar surface area (TPSA) is 126 Å². The summed E-state index contributed by atoms with van der Waals surface area (Å²) in [5, 5.41) is 13.8. The minimum absolute atomic E-state index is 0.0145. The van der Waals surface area contributed by atoms with Gasteiger partial charge in [0.2, 0.25) is 5.95 Å². The molecule has 3 heterocycles. The van der Waals surface area contributed by atoms with Crippen LogP contribution in [0.1, 0.15) is 5.76 Å². The number of aliphatic hydroxyl groups excluding tert-OH is 1. The van der Waals surface area contributed by atoms with Gasteiger partial charge in [0.05, 0.1) is 26.5 Å². The highest BCUT2D eigenvalue weighted by molar-refractivity contribution is 5.74. The highest BCUT2D eigenvalue weighted by Crippen LogP contribution is 2.19. The third-order valence-corrected chi connectivity index (χ3v) is 5.24. The average Bonchev–Trinajstić information content (AvgIpc) is 3.47. The molecule has 4 aromatic rings. The fourth-order valence-corrected chi connectivity index (χ4v) is 3.47. The van der Waals surface area contributed by atoms with Crippen LogP contribution in [-0.4, -0.2) is 43.6 Å². The molecule has 11 nitrogen and oxygen atoms in total. The van der Waals surface area contributed by atoms with Gasteiger partial charge in [-0.2, -0.15) is 4.98 Å². The van der Waals surface area contributed by atoms with Crippen LogP contribution < -0.4 is 26.0 Å². The second-order valence-corrected chi connectivity index (χ2v) is 7.50. The van der Waals surface area contributed by atoms with Crippen LogP contribution in [0, 0.1) is 0 Å². The molecule has 0 aliphatic heterocycles. The number of aryl methyl sites for hydroxylation is 1. The number of rotatable bonds is 9. The zero-order valence-corrected chi connectivity index (χ0v) is 18.5. The molecule has 0 unspecified atom stereocenters. The minimum Gasteiger partial charge on any atom is -0.497 e. The number of aliphatic hydroxyl groups is 1. The molecule has 0 saturated carbocycles. The number of imidazole rings is 1. The first kappa shape index (κ1) is 22.2. The van der Waals surface area contributed by atoms with Crippen LogP contribution in [0.2, 0.25) is 0 Å². The number of aromatic nitrogens is 4. The van der Waals surface area contributed by atoms with Crippen molar-refractivity contribution < 1.29 is 19.0 Å². The highest BCUT2D eigenvalue weighted by Gasteiger charge is 2.21.